The lowest BCUT2D eigenvalue weighted by Crippen LogP contribution is -2.21. The molecule has 0 radical (unpaired) electrons. The first-order chi connectivity index (χ1) is 11.6. The molecule has 24 heavy (non-hydrogen) atoms. The number of carbonyl (C=O) groups excluding carboxylic acids is 1. The number of allylic oxidation sites excluding steroid dienone is 8. The SMILES string of the molecule is CC[C@H](O)/C=C/C=C\C\C=C/C=C/C=C/[C@@H]1O[C@H]1CCCC(=O)[O-]. The average Bonchev–Trinajstić information content (AvgIpc) is 3.30. The van der Waals surface area contributed by atoms with Crippen LogP contribution in [-0.2, 0) is 9.53 Å². The largest absolute Gasteiger partial charge is 0.550 e. The van der Waals surface area contributed by atoms with Gasteiger partial charge in [-0.25, -0.2) is 0 Å². The third kappa shape index (κ3) is 10.8. The zero-order valence-corrected chi connectivity index (χ0v) is 14.2. The molecule has 0 amide bonds. The molecular weight excluding hydrogens is 304 g/mol. The van der Waals surface area contributed by atoms with Crippen molar-refractivity contribution in [3.8, 4) is 0 Å². The quantitative estimate of drug-likeness (QED) is 0.441. The van der Waals surface area contributed by atoms with Crippen LogP contribution < -0.4 is 5.11 Å². The van der Waals surface area contributed by atoms with Gasteiger partial charge in [0.05, 0.1) is 12.2 Å². The maximum atomic E-state index is 10.3. The first-order valence-corrected chi connectivity index (χ1v) is 8.50. The molecule has 1 aliphatic rings. The van der Waals surface area contributed by atoms with Crippen LogP contribution in [0.4, 0.5) is 0 Å². The molecule has 1 heterocycles. The summed E-state index contributed by atoms with van der Waals surface area (Å²) in [5.74, 6) is -0.998. The number of aliphatic carboxylic acids is 1. The van der Waals surface area contributed by atoms with E-state index >= 15 is 0 Å². The summed E-state index contributed by atoms with van der Waals surface area (Å²) in [6, 6.07) is 0. The average molecular weight is 331 g/mol. The Labute approximate surface area is 144 Å². The summed E-state index contributed by atoms with van der Waals surface area (Å²) in [5, 5.41) is 19.6. The first-order valence-electron chi connectivity index (χ1n) is 8.50. The number of aliphatic hydroxyl groups excluding tert-OH is 1. The Morgan fingerprint density at radius 3 is 2.58 bits per heavy atom. The molecule has 0 aromatic rings. The lowest BCUT2D eigenvalue weighted by atomic mass is 10.1. The van der Waals surface area contributed by atoms with E-state index in [1.54, 1.807) is 6.08 Å². The maximum absolute atomic E-state index is 10.3. The number of aliphatic hydroxyl groups is 1. The summed E-state index contributed by atoms with van der Waals surface area (Å²) in [6.07, 6.45) is 22.4. The number of carboxylic acids is 1. The topological polar surface area (TPSA) is 72.9 Å². The van der Waals surface area contributed by atoms with Gasteiger partial charge in [-0.15, -0.1) is 0 Å². The Balaban J connectivity index is 2.06. The molecule has 0 aliphatic carbocycles. The van der Waals surface area contributed by atoms with Crippen LogP contribution in [0.3, 0.4) is 0 Å². The molecule has 1 saturated heterocycles. The number of carboxylic acid groups (broad SMARTS) is 1. The van der Waals surface area contributed by atoms with Crippen molar-refractivity contribution in [1.29, 1.82) is 0 Å². The zero-order chi connectivity index (χ0) is 17.6. The molecule has 0 aromatic heterocycles. The highest BCUT2D eigenvalue weighted by atomic mass is 16.6. The molecular formula is C20H27O4-. The van der Waals surface area contributed by atoms with E-state index in [0.717, 1.165) is 19.3 Å². The fraction of sp³-hybridized carbons (Fsp3) is 0.450. The molecule has 0 saturated carbocycles. The molecule has 0 aromatic carbocycles. The molecule has 0 unspecified atom stereocenters. The van der Waals surface area contributed by atoms with Crippen molar-refractivity contribution in [3.05, 3.63) is 60.8 Å². The molecule has 132 valence electrons. The fourth-order valence-corrected chi connectivity index (χ4v) is 2.03. The number of hydrogen-bond acceptors (Lipinski definition) is 4. The summed E-state index contributed by atoms with van der Waals surface area (Å²) in [7, 11) is 0. The minimum atomic E-state index is -0.998. The molecule has 0 spiro atoms. The second-order valence-corrected chi connectivity index (χ2v) is 5.63. The van der Waals surface area contributed by atoms with Crippen LogP contribution in [0.25, 0.3) is 0 Å². The van der Waals surface area contributed by atoms with Crippen molar-refractivity contribution in [2.75, 3.05) is 0 Å². The Morgan fingerprint density at radius 2 is 1.88 bits per heavy atom. The van der Waals surface area contributed by atoms with Gasteiger partial charge in [-0.2, -0.15) is 0 Å². The lowest BCUT2D eigenvalue weighted by Gasteiger charge is -1.98. The Hall–Kier alpha value is -1.91. The van der Waals surface area contributed by atoms with E-state index in [2.05, 4.69) is 0 Å². The first kappa shape index (κ1) is 20.1. The zero-order valence-electron chi connectivity index (χ0n) is 14.2. The molecule has 1 aliphatic heterocycles. The van der Waals surface area contributed by atoms with Crippen molar-refractivity contribution >= 4 is 5.97 Å². The van der Waals surface area contributed by atoms with E-state index in [0.29, 0.717) is 6.42 Å². The maximum Gasteiger partial charge on any atom is 0.103 e. The van der Waals surface area contributed by atoms with E-state index in [4.69, 9.17) is 4.74 Å². The van der Waals surface area contributed by atoms with Crippen molar-refractivity contribution in [2.24, 2.45) is 0 Å². The smallest absolute Gasteiger partial charge is 0.103 e. The third-order valence-electron chi connectivity index (χ3n) is 3.53. The van der Waals surface area contributed by atoms with Crippen LogP contribution >= 0.6 is 0 Å². The normalized spacial score (nSPS) is 22.6. The monoisotopic (exact) mass is 331 g/mol. The number of rotatable bonds is 12. The summed E-state index contributed by atoms with van der Waals surface area (Å²) in [4.78, 5) is 10.3. The van der Waals surface area contributed by atoms with Crippen molar-refractivity contribution in [2.45, 2.75) is 57.3 Å². The highest BCUT2D eigenvalue weighted by molar-refractivity contribution is 5.64. The van der Waals surface area contributed by atoms with Gasteiger partial charge in [0.25, 0.3) is 0 Å². The van der Waals surface area contributed by atoms with Gasteiger partial charge in [-0.05, 0) is 32.1 Å². The highest BCUT2D eigenvalue weighted by Gasteiger charge is 2.35. The van der Waals surface area contributed by atoms with Gasteiger partial charge < -0.3 is 19.7 Å². The van der Waals surface area contributed by atoms with Crippen LogP contribution in [0.5, 0.6) is 0 Å². The number of ether oxygens (including phenoxy) is 1. The second-order valence-electron chi connectivity index (χ2n) is 5.63. The fourth-order valence-electron chi connectivity index (χ4n) is 2.03. The van der Waals surface area contributed by atoms with Gasteiger partial charge in [0.1, 0.15) is 6.10 Å². The van der Waals surface area contributed by atoms with Crippen molar-refractivity contribution in [3.63, 3.8) is 0 Å². The number of hydrogen-bond donors (Lipinski definition) is 1. The van der Waals surface area contributed by atoms with Gasteiger partial charge in [-0.1, -0.05) is 67.7 Å². The predicted molar refractivity (Wildman–Crippen MR) is 94.1 cm³/mol. The standard InChI is InChI=1S/C20H28O4/c1-2-17(21)13-10-8-6-4-3-5-7-9-11-14-18-19(24-18)15-12-16-20(22)23/h3,5-11,13-14,17-19,21H,2,4,12,15-16H2,1H3,(H,22,23)/p-1/b5-3-,8-6-,9-7+,13-10+,14-11+/t17-,18-,19-/m0/s1. The van der Waals surface area contributed by atoms with E-state index in [1.807, 2.05) is 61.6 Å². The second kappa shape index (κ2) is 12.5. The van der Waals surface area contributed by atoms with Gasteiger partial charge >= 0.3 is 0 Å². The lowest BCUT2D eigenvalue weighted by molar-refractivity contribution is -0.305. The summed E-state index contributed by atoms with van der Waals surface area (Å²) in [6.45, 7) is 1.94. The van der Waals surface area contributed by atoms with Gasteiger partial charge in [0.15, 0.2) is 0 Å². The van der Waals surface area contributed by atoms with E-state index < -0.39 is 5.97 Å². The van der Waals surface area contributed by atoms with Crippen LogP contribution in [0.2, 0.25) is 0 Å². The summed E-state index contributed by atoms with van der Waals surface area (Å²) in [5.41, 5.74) is 0. The number of epoxide rings is 1. The van der Waals surface area contributed by atoms with Crippen molar-refractivity contribution in [1.82, 2.24) is 0 Å². The van der Waals surface area contributed by atoms with E-state index in [9.17, 15) is 15.0 Å². The van der Waals surface area contributed by atoms with Crippen LogP contribution in [0, 0.1) is 0 Å². The van der Waals surface area contributed by atoms with E-state index in [-0.39, 0.29) is 24.7 Å². The molecule has 4 nitrogen and oxygen atoms in total. The van der Waals surface area contributed by atoms with Crippen LogP contribution in [-0.4, -0.2) is 29.4 Å². The highest BCUT2D eigenvalue weighted by Crippen LogP contribution is 2.28. The van der Waals surface area contributed by atoms with Crippen LogP contribution in [0.1, 0.15) is 39.0 Å². The molecule has 1 fully saturated rings. The minimum Gasteiger partial charge on any atom is -0.550 e. The Morgan fingerprint density at radius 1 is 1.17 bits per heavy atom. The molecule has 4 heteroatoms. The Bertz CT molecular complexity index is 500. The molecule has 3 atom stereocenters. The molecule has 0 bridgehead atoms. The Kier molecular flexibility index (Phi) is 10.5. The predicted octanol–water partition coefficient (Wildman–Crippen LogP) is 2.62. The summed E-state index contributed by atoms with van der Waals surface area (Å²) >= 11 is 0. The summed E-state index contributed by atoms with van der Waals surface area (Å²) < 4.78 is 5.42. The minimum absolute atomic E-state index is 0.102. The van der Waals surface area contributed by atoms with Gasteiger partial charge in [-0.3, -0.25) is 0 Å². The number of carbonyl (C=O) groups is 1. The third-order valence-corrected chi connectivity index (χ3v) is 3.53. The van der Waals surface area contributed by atoms with Gasteiger partial charge in [0.2, 0.25) is 0 Å². The van der Waals surface area contributed by atoms with E-state index in [1.165, 1.54) is 0 Å². The van der Waals surface area contributed by atoms with Crippen LogP contribution in [0.15, 0.2) is 60.8 Å². The molecule has 1 rings (SSSR count). The molecule has 1 N–H and O–H groups in total. The van der Waals surface area contributed by atoms with Gasteiger partial charge in [0, 0.05) is 5.97 Å². The van der Waals surface area contributed by atoms with Crippen molar-refractivity contribution < 1.29 is 19.7 Å².